The second-order valence-electron chi connectivity index (χ2n) is 2.90. The summed E-state index contributed by atoms with van der Waals surface area (Å²) >= 11 is 0. The number of pyridine rings is 1. The lowest BCUT2D eigenvalue weighted by atomic mass is 10.3. The number of aromatic nitrogens is 1. The molecule has 0 saturated heterocycles. The zero-order valence-corrected chi connectivity index (χ0v) is 8.46. The smallest absolute Gasteiger partial charge is 0.391 e. The van der Waals surface area contributed by atoms with E-state index in [1.807, 2.05) is 0 Å². The van der Waals surface area contributed by atoms with Crippen LogP contribution in [0.4, 0.5) is 0 Å². The normalized spacial score (nSPS) is 11.6. The summed E-state index contributed by atoms with van der Waals surface area (Å²) in [6.07, 6.45) is 1.58. The minimum absolute atomic E-state index is 0.342. The monoisotopic (exact) mass is 225 g/mol. The fourth-order valence-electron chi connectivity index (χ4n) is 1.13. The topological polar surface area (TPSA) is 83.6 Å². The number of hydrogen-bond acceptors (Lipinski definition) is 3. The molecule has 0 fully saturated rings. The molecule has 0 amide bonds. The van der Waals surface area contributed by atoms with Crippen molar-refractivity contribution in [2.24, 2.45) is 0 Å². The zero-order chi connectivity index (χ0) is 10.9. The molecule has 0 unspecified atom stereocenters. The lowest BCUT2D eigenvalue weighted by Crippen LogP contribution is -1.98. The van der Waals surface area contributed by atoms with Gasteiger partial charge in [-0.1, -0.05) is 6.07 Å². The molecule has 2 aromatic rings. The Labute approximate surface area is 85.6 Å². The van der Waals surface area contributed by atoms with Crippen molar-refractivity contribution in [1.82, 2.24) is 4.98 Å². The molecule has 2 rings (SSSR count). The van der Waals surface area contributed by atoms with Crippen LogP contribution in [0.1, 0.15) is 0 Å². The molecule has 78 valence electrons. The first-order valence-corrected chi connectivity index (χ1v) is 5.76. The summed E-state index contributed by atoms with van der Waals surface area (Å²) < 4.78 is 15.9. The summed E-state index contributed by atoms with van der Waals surface area (Å²) in [5.41, 5.74) is 0.195. The predicted octanol–water partition coefficient (Wildman–Crippen LogP) is 1.14. The Morgan fingerprint density at radius 2 is 2.00 bits per heavy atom. The molecule has 15 heavy (non-hydrogen) atoms. The van der Waals surface area contributed by atoms with Crippen molar-refractivity contribution in [2.75, 3.05) is 0 Å². The van der Waals surface area contributed by atoms with E-state index in [2.05, 4.69) is 4.98 Å². The van der Waals surface area contributed by atoms with E-state index >= 15 is 0 Å². The number of furan rings is 1. The molecule has 2 aromatic heterocycles. The number of rotatable bonds is 2. The standard InChI is InChI=1S/C9H8NO4P/c11-15(12,13)9-5-4-8(14-9)7-3-1-2-6-10-7/h1-6H,(H2,11,12,13). The first-order chi connectivity index (χ1) is 7.07. The predicted molar refractivity (Wildman–Crippen MR) is 53.6 cm³/mol. The van der Waals surface area contributed by atoms with Crippen molar-refractivity contribution < 1.29 is 18.8 Å². The lowest BCUT2D eigenvalue weighted by Gasteiger charge is -1.98. The quantitative estimate of drug-likeness (QED) is 0.749. The maximum atomic E-state index is 10.9. The van der Waals surface area contributed by atoms with Gasteiger partial charge in [0.1, 0.15) is 5.69 Å². The molecular formula is C9H8NO4P. The molecule has 0 aliphatic heterocycles. The summed E-state index contributed by atoms with van der Waals surface area (Å²) in [5.74, 6) is 0.342. The average molecular weight is 225 g/mol. The average Bonchev–Trinajstić information content (AvgIpc) is 2.67. The highest BCUT2D eigenvalue weighted by Crippen LogP contribution is 2.35. The van der Waals surface area contributed by atoms with Gasteiger partial charge >= 0.3 is 7.60 Å². The van der Waals surface area contributed by atoms with Gasteiger partial charge in [0.2, 0.25) is 5.50 Å². The van der Waals surface area contributed by atoms with Crippen LogP contribution in [0.5, 0.6) is 0 Å². The van der Waals surface area contributed by atoms with Crippen molar-refractivity contribution in [2.45, 2.75) is 0 Å². The van der Waals surface area contributed by atoms with Crippen molar-refractivity contribution >= 4 is 13.1 Å². The van der Waals surface area contributed by atoms with Crippen LogP contribution in [-0.2, 0) is 4.57 Å². The van der Waals surface area contributed by atoms with Crippen LogP contribution in [0.2, 0.25) is 0 Å². The van der Waals surface area contributed by atoms with Crippen LogP contribution in [0.3, 0.4) is 0 Å². The zero-order valence-electron chi connectivity index (χ0n) is 7.57. The molecule has 0 radical (unpaired) electrons. The van der Waals surface area contributed by atoms with E-state index < -0.39 is 7.60 Å². The minimum atomic E-state index is -4.31. The molecule has 2 heterocycles. The van der Waals surface area contributed by atoms with Gasteiger partial charge in [0.05, 0.1) is 0 Å². The Morgan fingerprint density at radius 1 is 1.20 bits per heavy atom. The van der Waals surface area contributed by atoms with Crippen LogP contribution < -0.4 is 5.50 Å². The maximum Gasteiger partial charge on any atom is 0.391 e. The van der Waals surface area contributed by atoms with Gasteiger partial charge in [0.25, 0.3) is 0 Å². The van der Waals surface area contributed by atoms with E-state index in [0.29, 0.717) is 11.5 Å². The van der Waals surface area contributed by atoms with Gasteiger partial charge in [-0.15, -0.1) is 0 Å². The highest BCUT2D eigenvalue weighted by Gasteiger charge is 2.22. The van der Waals surface area contributed by atoms with Crippen LogP contribution in [-0.4, -0.2) is 14.8 Å². The van der Waals surface area contributed by atoms with Crippen LogP contribution in [0.15, 0.2) is 40.9 Å². The van der Waals surface area contributed by atoms with Crippen LogP contribution >= 0.6 is 7.60 Å². The van der Waals surface area contributed by atoms with E-state index in [9.17, 15) is 4.57 Å². The van der Waals surface area contributed by atoms with Gasteiger partial charge < -0.3 is 14.2 Å². The van der Waals surface area contributed by atoms with Crippen molar-refractivity contribution in [3.8, 4) is 11.5 Å². The third-order valence-corrected chi connectivity index (χ3v) is 2.61. The fourth-order valence-corrected chi connectivity index (χ4v) is 1.62. The van der Waals surface area contributed by atoms with E-state index in [-0.39, 0.29) is 5.50 Å². The van der Waals surface area contributed by atoms with E-state index in [0.717, 1.165) is 0 Å². The Morgan fingerprint density at radius 3 is 2.53 bits per heavy atom. The summed E-state index contributed by atoms with van der Waals surface area (Å²) in [5, 5.41) is 0. The Balaban J connectivity index is 2.41. The summed E-state index contributed by atoms with van der Waals surface area (Å²) in [6, 6.07) is 7.95. The SMILES string of the molecule is O=P(O)(O)c1ccc(-c2ccccn2)o1. The van der Waals surface area contributed by atoms with Crippen molar-refractivity contribution in [1.29, 1.82) is 0 Å². The fraction of sp³-hybridized carbons (Fsp3) is 0. The highest BCUT2D eigenvalue weighted by molar-refractivity contribution is 7.59. The van der Waals surface area contributed by atoms with Gasteiger partial charge in [-0.05, 0) is 24.3 Å². The molecule has 6 heteroatoms. The minimum Gasteiger partial charge on any atom is -0.447 e. The second-order valence-corrected chi connectivity index (χ2v) is 4.43. The summed E-state index contributed by atoms with van der Waals surface area (Å²) in [6.45, 7) is 0. The largest absolute Gasteiger partial charge is 0.447 e. The lowest BCUT2D eigenvalue weighted by molar-refractivity contribution is 0.377. The summed E-state index contributed by atoms with van der Waals surface area (Å²) in [4.78, 5) is 21.7. The molecule has 0 atom stereocenters. The van der Waals surface area contributed by atoms with E-state index in [1.165, 1.54) is 12.1 Å². The molecule has 5 nitrogen and oxygen atoms in total. The second kappa shape index (κ2) is 3.62. The van der Waals surface area contributed by atoms with Gasteiger partial charge in [-0.2, -0.15) is 0 Å². The molecule has 0 spiro atoms. The molecule has 0 aliphatic carbocycles. The van der Waals surface area contributed by atoms with Crippen LogP contribution in [0, 0.1) is 0 Å². The molecule has 0 aliphatic rings. The van der Waals surface area contributed by atoms with Crippen molar-refractivity contribution in [3.63, 3.8) is 0 Å². The molecule has 0 bridgehead atoms. The Bertz CT molecular complexity index is 502. The number of nitrogens with zero attached hydrogens (tertiary/aromatic N) is 1. The highest BCUT2D eigenvalue weighted by atomic mass is 31.2. The first-order valence-electron chi connectivity index (χ1n) is 4.15. The Hall–Kier alpha value is -1.42. The van der Waals surface area contributed by atoms with E-state index in [1.54, 1.807) is 24.4 Å². The summed E-state index contributed by atoms with van der Waals surface area (Å²) in [7, 11) is -4.31. The maximum absolute atomic E-state index is 10.9. The first kappa shape index (κ1) is 10.1. The molecule has 0 aromatic carbocycles. The third kappa shape index (κ3) is 2.15. The Kier molecular flexibility index (Phi) is 2.44. The van der Waals surface area contributed by atoms with Gasteiger partial charge in [0.15, 0.2) is 5.76 Å². The van der Waals surface area contributed by atoms with Gasteiger partial charge in [-0.3, -0.25) is 9.55 Å². The molecule has 2 N–H and O–H groups in total. The third-order valence-electron chi connectivity index (χ3n) is 1.80. The van der Waals surface area contributed by atoms with E-state index in [4.69, 9.17) is 14.2 Å². The van der Waals surface area contributed by atoms with Crippen molar-refractivity contribution in [3.05, 3.63) is 36.5 Å². The van der Waals surface area contributed by atoms with Gasteiger partial charge in [-0.25, -0.2) is 0 Å². The molecular weight excluding hydrogens is 217 g/mol. The molecule has 0 saturated carbocycles. The van der Waals surface area contributed by atoms with Gasteiger partial charge in [0, 0.05) is 6.20 Å². The number of hydrogen-bond donors (Lipinski definition) is 2. The van der Waals surface area contributed by atoms with Crippen LogP contribution in [0.25, 0.3) is 11.5 Å².